The summed E-state index contributed by atoms with van der Waals surface area (Å²) >= 11 is 5.75. The van der Waals surface area contributed by atoms with E-state index >= 15 is 0 Å². The Labute approximate surface area is 182 Å². The maximum absolute atomic E-state index is 12.9. The minimum Gasteiger partial charge on any atom is -0.360 e. The second-order valence-electron chi connectivity index (χ2n) is 7.42. The summed E-state index contributed by atoms with van der Waals surface area (Å²) in [6.07, 6.45) is 7.74. The summed E-state index contributed by atoms with van der Waals surface area (Å²) in [7, 11) is -3.41. The molecule has 1 aliphatic heterocycles. The number of aryl methyl sites for hydroxylation is 1. The van der Waals surface area contributed by atoms with Crippen LogP contribution in [0.25, 0.3) is 0 Å². The van der Waals surface area contributed by atoms with Crippen molar-refractivity contribution in [1.82, 2.24) is 19.3 Å². The molecule has 0 radical (unpaired) electrons. The molecule has 0 saturated carbocycles. The number of rotatable bonds is 9. The largest absolute Gasteiger partial charge is 0.360 e. The molecule has 30 heavy (non-hydrogen) atoms. The maximum atomic E-state index is 12.9. The first-order valence-electron chi connectivity index (χ1n) is 10.2. The molecule has 10 heteroatoms. The zero-order valence-corrected chi connectivity index (χ0v) is 18.4. The van der Waals surface area contributed by atoms with E-state index in [1.807, 2.05) is 12.1 Å². The number of aromatic nitrogens is 2. The number of amides is 1. The summed E-state index contributed by atoms with van der Waals surface area (Å²) in [5.74, 6) is 0.289. The average molecular weight is 455 g/mol. The summed E-state index contributed by atoms with van der Waals surface area (Å²) in [5, 5.41) is 3.85. The third-order valence-corrected chi connectivity index (χ3v) is 7.20. The molecule has 0 N–H and O–H groups in total. The molecule has 3 rings (SSSR count). The van der Waals surface area contributed by atoms with Crippen molar-refractivity contribution in [3.8, 4) is 0 Å². The normalized spacial score (nSPS) is 15.6. The monoisotopic (exact) mass is 454 g/mol. The third-order valence-electron chi connectivity index (χ3n) is 5.17. The number of nitrogens with zero attached hydrogens (tertiary/aromatic N) is 4. The fraction of sp³-hybridized carbons (Fsp3) is 0.550. The minimum atomic E-state index is -3.41. The molecule has 1 aliphatic rings. The van der Waals surface area contributed by atoms with Gasteiger partial charge in [-0.15, -0.1) is 0 Å². The second kappa shape index (κ2) is 10.9. The molecule has 0 atom stereocenters. The highest BCUT2D eigenvalue weighted by atomic mass is 35.5. The molecular formula is C20H27ClN4O4S. The van der Waals surface area contributed by atoms with Crippen LogP contribution in [-0.4, -0.2) is 59.1 Å². The van der Waals surface area contributed by atoms with Gasteiger partial charge in [-0.2, -0.15) is 0 Å². The van der Waals surface area contributed by atoms with E-state index in [4.69, 9.17) is 16.1 Å². The van der Waals surface area contributed by atoms with Crippen molar-refractivity contribution in [2.75, 3.05) is 25.4 Å². The van der Waals surface area contributed by atoms with Crippen LogP contribution >= 0.6 is 11.6 Å². The van der Waals surface area contributed by atoms with Gasteiger partial charge in [-0.25, -0.2) is 12.7 Å². The van der Waals surface area contributed by atoms with Gasteiger partial charge < -0.3 is 9.42 Å². The van der Waals surface area contributed by atoms with Gasteiger partial charge in [-0.3, -0.25) is 9.78 Å². The molecule has 1 fully saturated rings. The van der Waals surface area contributed by atoms with E-state index in [1.54, 1.807) is 27.7 Å². The molecule has 0 aliphatic carbocycles. The van der Waals surface area contributed by atoms with Crippen LogP contribution in [0.5, 0.6) is 0 Å². The number of carbonyl (C=O) groups excluding carboxylic acids is 1. The lowest BCUT2D eigenvalue weighted by molar-refractivity contribution is -0.131. The molecule has 1 amide bonds. The standard InChI is InChI=1S/C20H27ClN4O4S/c21-19-15-18(29-23-19)5-6-20(26)24(16-17-7-9-22-10-8-17)13-14-30(27,28)25-11-3-1-2-4-12-25/h7-10,15H,1-6,11-14,16H2. The van der Waals surface area contributed by atoms with Crippen molar-refractivity contribution in [2.45, 2.75) is 45.1 Å². The average Bonchev–Trinajstić information content (AvgIpc) is 2.97. The van der Waals surface area contributed by atoms with Crippen LogP contribution in [0, 0.1) is 0 Å². The highest BCUT2D eigenvalue weighted by molar-refractivity contribution is 7.89. The molecule has 3 heterocycles. The zero-order valence-electron chi connectivity index (χ0n) is 16.9. The molecule has 0 spiro atoms. The van der Waals surface area contributed by atoms with Crippen LogP contribution in [0.2, 0.25) is 5.15 Å². The fourth-order valence-electron chi connectivity index (χ4n) is 3.47. The molecule has 2 aromatic heterocycles. The second-order valence-corrected chi connectivity index (χ2v) is 9.89. The Hall–Kier alpha value is -1.97. The lowest BCUT2D eigenvalue weighted by Crippen LogP contribution is -2.40. The third kappa shape index (κ3) is 6.78. The predicted octanol–water partition coefficient (Wildman–Crippen LogP) is 2.89. The van der Waals surface area contributed by atoms with E-state index in [1.165, 1.54) is 0 Å². The Morgan fingerprint density at radius 1 is 1.17 bits per heavy atom. The minimum absolute atomic E-state index is 0.0854. The first kappa shape index (κ1) is 22.7. The van der Waals surface area contributed by atoms with Crippen molar-refractivity contribution >= 4 is 27.5 Å². The molecular weight excluding hydrogens is 428 g/mol. The van der Waals surface area contributed by atoms with Gasteiger partial charge in [0.25, 0.3) is 0 Å². The van der Waals surface area contributed by atoms with Crippen LogP contribution in [0.15, 0.2) is 35.1 Å². The summed E-state index contributed by atoms with van der Waals surface area (Å²) < 4.78 is 32.3. The van der Waals surface area contributed by atoms with Gasteiger partial charge in [0.05, 0.1) is 5.75 Å². The van der Waals surface area contributed by atoms with Gasteiger partial charge in [0.1, 0.15) is 5.76 Å². The van der Waals surface area contributed by atoms with E-state index in [2.05, 4.69) is 10.1 Å². The number of hydrogen-bond donors (Lipinski definition) is 0. The Bertz CT molecular complexity index is 912. The van der Waals surface area contributed by atoms with Gasteiger partial charge >= 0.3 is 0 Å². The van der Waals surface area contributed by atoms with Crippen molar-refractivity contribution in [3.05, 3.63) is 47.1 Å². The lowest BCUT2D eigenvalue weighted by Gasteiger charge is -2.25. The first-order valence-corrected chi connectivity index (χ1v) is 12.2. The van der Waals surface area contributed by atoms with Crippen LogP contribution in [0.3, 0.4) is 0 Å². The van der Waals surface area contributed by atoms with Crippen molar-refractivity contribution in [2.24, 2.45) is 0 Å². The van der Waals surface area contributed by atoms with Gasteiger partial charge in [-0.1, -0.05) is 29.6 Å². The summed E-state index contributed by atoms with van der Waals surface area (Å²) in [4.78, 5) is 18.5. The van der Waals surface area contributed by atoms with E-state index in [0.717, 1.165) is 31.2 Å². The molecule has 164 valence electrons. The number of halogens is 1. The molecule has 2 aromatic rings. The lowest BCUT2D eigenvalue weighted by atomic mass is 10.2. The number of carbonyl (C=O) groups is 1. The summed E-state index contributed by atoms with van der Waals surface area (Å²) in [6, 6.07) is 5.21. The van der Waals surface area contributed by atoms with E-state index < -0.39 is 10.0 Å². The van der Waals surface area contributed by atoms with Crippen molar-refractivity contribution in [1.29, 1.82) is 0 Å². The molecule has 8 nitrogen and oxygen atoms in total. The first-order chi connectivity index (χ1) is 14.4. The van der Waals surface area contributed by atoms with E-state index in [-0.39, 0.29) is 29.8 Å². The van der Waals surface area contributed by atoms with E-state index in [9.17, 15) is 13.2 Å². The molecule has 0 bridgehead atoms. The Balaban J connectivity index is 1.64. The van der Waals surface area contributed by atoms with Gasteiger partial charge in [0.15, 0.2) is 5.15 Å². The van der Waals surface area contributed by atoms with Crippen LogP contribution in [-0.2, 0) is 27.8 Å². The van der Waals surface area contributed by atoms with Crippen LogP contribution in [0.1, 0.15) is 43.4 Å². The maximum Gasteiger partial charge on any atom is 0.223 e. The Kier molecular flexibility index (Phi) is 8.24. The van der Waals surface area contributed by atoms with Crippen LogP contribution < -0.4 is 0 Å². The summed E-state index contributed by atoms with van der Waals surface area (Å²) in [6.45, 7) is 1.59. The number of pyridine rings is 1. The van der Waals surface area contributed by atoms with Crippen molar-refractivity contribution in [3.63, 3.8) is 0 Å². The quantitative estimate of drug-likeness (QED) is 0.578. The Morgan fingerprint density at radius 2 is 1.87 bits per heavy atom. The van der Waals surface area contributed by atoms with Gasteiger partial charge in [0.2, 0.25) is 15.9 Å². The number of sulfonamides is 1. The topological polar surface area (TPSA) is 96.6 Å². The zero-order chi connectivity index (χ0) is 21.4. The smallest absolute Gasteiger partial charge is 0.223 e. The van der Waals surface area contributed by atoms with Crippen LogP contribution in [0.4, 0.5) is 0 Å². The highest BCUT2D eigenvalue weighted by Gasteiger charge is 2.25. The molecule has 1 saturated heterocycles. The SMILES string of the molecule is O=C(CCc1cc(Cl)no1)N(CCS(=O)(=O)N1CCCCCC1)Cc1ccncc1. The van der Waals surface area contributed by atoms with Crippen molar-refractivity contribution < 1.29 is 17.7 Å². The van der Waals surface area contributed by atoms with E-state index in [0.29, 0.717) is 31.8 Å². The number of hydrogen-bond acceptors (Lipinski definition) is 6. The highest BCUT2D eigenvalue weighted by Crippen LogP contribution is 2.16. The van der Waals surface area contributed by atoms with Gasteiger partial charge in [-0.05, 0) is 30.5 Å². The molecule has 0 aromatic carbocycles. The van der Waals surface area contributed by atoms with Gasteiger partial charge in [0, 0.05) is 57.5 Å². The Morgan fingerprint density at radius 3 is 2.50 bits per heavy atom. The predicted molar refractivity (Wildman–Crippen MR) is 113 cm³/mol. The summed E-state index contributed by atoms with van der Waals surface area (Å²) in [5.41, 5.74) is 0.897. The molecule has 0 unspecified atom stereocenters. The fourth-order valence-corrected chi connectivity index (χ4v) is 5.15.